The quantitative estimate of drug-likeness (QED) is 0.661. The summed E-state index contributed by atoms with van der Waals surface area (Å²) in [5.74, 6) is 0. The molecule has 0 N–H and O–H groups in total. The largest absolute Gasteiger partial charge is 0.343 e. The molecule has 0 radical (unpaired) electrons. The molecular weight excluding hydrogens is 232 g/mol. The second-order valence-electron chi connectivity index (χ2n) is 4.88. The number of pyridine rings is 1. The molecule has 19 heavy (non-hydrogen) atoms. The molecule has 0 saturated heterocycles. The molecule has 0 aliphatic heterocycles. The van der Waals surface area contributed by atoms with E-state index in [9.17, 15) is 0 Å². The van der Waals surface area contributed by atoms with Crippen molar-refractivity contribution in [2.45, 2.75) is 27.3 Å². The Bertz CT molecular complexity index is 724. The van der Waals surface area contributed by atoms with Crippen molar-refractivity contribution in [3.63, 3.8) is 0 Å². The van der Waals surface area contributed by atoms with Crippen LogP contribution in [0.4, 0.5) is 0 Å². The van der Waals surface area contributed by atoms with Gasteiger partial charge < -0.3 is 4.57 Å². The Hall–Kier alpha value is -2.09. The van der Waals surface area contributed by atoms with Gasteiger partial charge in [0.15, 0.2) is 0 Å². The molecule has 0 fully saturated rings. The highest BCUT2D eigenvalue weighted by Gasteiger charge is 2.14. The average Bonchev–Trinajstić information content (AvgIpc) is 2.72. The molecule has 0 spiro atoms. The first kappa shape index (κ1) is 12.0. The molecule has 0 atom stereocenters. The molecule has 0 saturated carbocycles. The third-order valence-corrected chi connectivity index (χ3v) is 3.91. The molecule has 0 bridgehead atoms. The van der Waals surface area contributed by atoms with Crippen molar-refractivity contribution in [3.8, 4) is 11.3 Å². The van der Waals surface area contributed by atoms with E-state index < -0.39 is 0 Å². The molecule has 0 aliphatic rings. The summed E-state index contributed by atoms with van der Waals surface area (Å²) in [5.41, 5.74) is 6.21. The topological polar surface area (TPSA) is 17.8 Å². The molecule has 0 unspecified atom stereocenters. The molecule has 2 nitrogen and oxygen atoms in total. The standard InChI is InChI=1S/C17H18N2/c1-4-19-13(3)12(2)15-10-11-18-16(17(15)19)14-8-6-5-7-9-14/h5-11H,4H2,1-3H3. The summed E-state index contributed by atoms with van der Waals surface area (Å²) in [6, 6.07) is 12.5. The van der Waals surface area contributed by atoms with Crippen molar-refractivity contribution < 1.29 is 0 Å². The maximum Gasteiger partial charge on any atom is 0.0944 e. The van der Waals surface area contributed by atoms with Gasteiger partial charge in [0.1, 0.15) is 0 Å². The molecule has 3 rings (SSSR count). The molecule has 1 aromatic carbocycles. The fourth-order valence-corrected chi connectivity index (χ4v) is 2.80. The van der Waals surface area contributed by atoms with Crippen LogP contribution in [0.15, 0.2) is 42.6 Å². The maximum atomic E-state index is 4.62. The SMILES string of the molecule is CCn1c(C)c(C)c2ccnc(-c3ccccc3)c21. The van der Waals surface area contributed by atoms with Crippen molar-refractivity contribution in [1.29, 1.82) is 0 Å². The Labute approximate surface area is 113 Å². The van der Waals surface area contributed by atoms with Crippen molar-refractivity contribution in [3.05, 3.63) is 53.9 Å². The van der Waals surface area contributed by atoms with E-state index in [1.54, 1.807) is 0 Å². The summed E-state index contributed by atoms with van der Waals surface area (Å²) in [5, 5.41) is 1.31. The summed E-state index contributed by atoms with van der Waals surface area (Å²) < 4.78 is 2.36. The maximum absolute atomic E-state index is 4.62. The molecule has 2 heteroatoms. The van der Waals surface area contributed by atoms with Crippen LogP contribution < -0.4 is 0 Å². The summed E-state index contributed by atoms with van der Waals surface area (Å²) in [7, 11) is 0. The van der Waals surface area contributed by atoms with Crippen molar-refractivity contribution >= 4 is 10.9 Å². The van der Waals surface area contributed by atoms with Crippen LogP contribution in [0.3, 0.4) is 0 Å². The normalized spacial score (nSPS) is 11.1. The van der Waals surface area contributed by atoms with Gasteiger partial charge in [-0.3, -0.25) is 4.98 Å². The van der Waals surface area contributed by atoms with Gasteiger partial charge in [-0.05, 0) is 32.4 Å². The van der Waals surface area contributed by atoms with E-state index in [0.29, 0.717) is 0 Å². The first-order chi connectivity index (χ1) is 9.24. The van der Waals surface area contributed by atoms with Crippen LogP contribution in [-0.2, 0) is 6.54 Å². The predicted molar refractivity (Wildman–Crippen MR) is 80.3 cm³/mol. The Morgan fingerprint density at radius 3 is 2.47 bits per heavy atom. The number of nitrogens with zero attached hydrogens (tertiary/aromatic N) is 2. The number of rotatable bonds is 2. The van der Waals surface area contributed by atoms with Gasteiger partial charge in [-0.1, -0.05) is 30.3 Å². The Morgan fingerprint density at radius 2 is 1.79 bits per heavy atom. The first-order valence-electron chi connectivity index (χ1n) is 6.74. The summed E-state index contributed by atoms with van der Waals surface area (Å²) in [6.45, 7) is 7.54. The van der Waals surface area contributed by atoms with E-state index in [1.165, 1.54) is 27.7 Å². The lowest BCUT2D eigenvalue weighted by molar-refractivity contribution is 0.765. The van der Waals surface area contributed by atoms with Gasteiger partial charge in [-0.25, -0.2) is 0 Å². The van der Waals surface area contributed by atoms with E-state index in [2.05, 4.69) is 60.7 Å². The number of fused-ring (bicyclic) bond motifs is 1. The van der Waals surface area contributed by atoms with Crippen molar-refractivity contribution in [2.24, 2.45) is 0 Å². The number of hydrogen-bond donors (Lipinski definition) is 0. The predicted octanol–water partition coefficient (Wildman–Crippen LogP) is 4.34. The van der Waals surface area contributed by atoms with E-state index in [4.69, 9.17) is 0 Å². The summed E-state index contributed by atoms with van der Waals surface area (Å²) >= 11 is 0. The van der Waals surface area contributed by atoms with Crippen molar-refractivity contribution in [2.75, 3.05) is 0 Å². The van der Waals surface area contributed by atoms with Gasteiger partial charge in [0.2, 0.25) is 0 Å². The van der Waals surface area contributed by atoms with Crippen LogP contribution in [0.1, 0.15) is 18.2 Å². The van der Waals surface area contributed by atoms with Crippen molar-refractivity contribution in [1.82, 2.24) is 9.55 Å². The third kappa shape index (κ3) is 1.75. The van der Waals surface area contributed by atoms with Gasteiger partial charge >= 0.3 is 0 Å². The Morgan fingerprint density at radius 1 is 1.05 bits per heavy atom. The third-order valence-electron chi connectivity index (χ3n) is 3.91. The zero-order chi connectivity index (χ0) is 13.4. The van der Waals surface area contributed by atoms with Crippen LogP contribution in [0, 0.1) is 13.8 Å². The first-order valence-corrected chi connectivity index (χ1v) is 6.74. The lowest BCUT2D eigenvalue weighted by Gasteiger charge is -2.08. The fraction of sp³-hybridized carbons (Fsp3) is 0.235. The van der Waals surface area contributed by atoms with Crippen LogP contribution >= 0.6 is 0 Å². The highest BCUT2D eigenvalue weighted by molar-refractivity contribution is 5.95. The molecule has 2 aromatic heterocycles. The lowest BCUT2D eigenvalue weighted by Crippen LogP contribution is -1.98. The second kappa shape index (κ2) is 4.54. The molecular formula is C17H18N2. The van der Waals surface area contributed by atoms with Crippen LogP contribution in [-0.4, -0.2) is 9.55 Å². The van der Waals surface area contributed by atoms with Crippen LogP contribution in [0.5, 0.6) is 0 Å². The van der Waals surface area contributed by atoms with Gasteiger partial charge in [-0.15, -0.1) is 0 Å². The monoisotopic (exact) mass is 250 g/mol. The smallest absolute Gasteiger partial charge is 0.0944 e. The zero-order valence-corrected chi connectivity index (χ0v) is 11.6. The lowest BCUT2D eigenvalue weighted by atomic mass is 10.1. The fourth-order valence-electron chi connectivity index (χ4n) is 2.80. The van der Waals surface area contributed by atoms with Gasteiger partial charge in [0, 0.05) is 29.4 Å². The number of aromatic nitrogens is 2. The summed E-state index contributed by atoms with van der Waals surface area (Å²) in [4.78, 5) is 4.62. The van der Waals surface area contributed by atoms with E-state index >= 15 is 0 Å². The van der Waals surface area contributed by atoms with Gasteiger partial charge in [-0.2, -0.15) is 0 Å². The highest BCUT2D eigenvalue weighted by atomic mass is 15.0. The van der Waals surface area contributed by atoms with E-state index in [0.717, 1.165) is 12.2 Å². The number of hydrogen-bond acceptors (Lipinski definition) is 1. The molecule has 0 aliphatic carbocycles. The molecule has 2 heterocycles. The molecule has 0 amide bonds. The molecule has 3 aromatic rings. The Kier molecular flexibility index (Phi) is 2.86. The highest BCUT2D eigenvalue weighted by Crippen LogP contribution is 2.31. The molecule has 96 valence electrons. The minimum Gasteiger partial charge on any atom is -0.343 e. The van der Waals surface area contributed by atoms with Crippen LogP contribution in [0.25, 0.3) is 22.2 Å². The van der Waals surface area contributed by atoms with Gasteiger partial charge in [0.25, 0.3) is 0 Å². The summed E-state index contributed by atoms with van der Waals surface area (Å²) in [6.07, 6.45) is 1.91. The zero-order valence-electron chi connectivity index (χ0n) is 11.6. The Balaban J connectivity index is 2.41. The average molecular weight is 250 g/mol. The van der Waals surface area contributed by atoms with E-state index in [1.807, 2.05) is 12.3 Å². The number of benzene rings is 1. The van der Waals surface area contributed by atoms with Crippen LogP contribution in [0.2, 0.25) is 0 Å². The van der Waals surface area contributed by atoms with E-state index in [-0.39, 0.29) is 0 Å². The minimum atomic E-state index is 0.974. The van der Waals surface area contributed by atoms with Gasteiger partial charge in [0.05, 0.1) is 11.2 Å². The minimum absolute atomic E-state index is 0.974. The number of aryl methyl sites for hydroxylation is 2. The second-order valence-corrected chi connectivity index (χ2v) is 4.88.